The summed E-state index contributed by atoms with van der Waals surface area (Å²) in [6, 6.07) is 10.3. The molecule has 0 saturated carbocycles. The molecule has 1 amide bonds. The number of amides is 1. The van der Waals surface area contributed by atoms with Crippen molar-refractivity contribution in [1.29, 1.82) is 0 Å². The van der Waals surface area contributed by atoms with E-state index in [9.17, 15) is 9.59 Å². The lowest BCUT2D eigenvalue weighted by Crippen LogP contribution is -2.54. The van der Waals surface area contributed by atoms with E-state index in [1.165, 1.54) is 10.5 Å². The number of hydrogen-bond donors (Lipinski definition) is 2. The van der Waals surface area contributed by atoms with Crippen molar-refractivity contribution >= 4 is 11.9 Å². The Kier molecular flexibility index (Phi) is 4.13. The number of benzene rings is 1. The van der Waals surface area contributed by atoms with Gasteiger partial charge >= 0.3 is 5.97 Å². The van der Waals surface area contributed by atoms with E-state index < -0.39 is 11.5 Å². The Labute approximate surface area is 129 Å². The van der Waals surface area contributed by atoms with Crippen molar-refractivity contribution in [2.24, 2.45) is 0 Å². The van der Waals surface area contributed by atoms with Gasteiger partial charge in [-0.25, -0.2) is 0 Å². The zero-order valence-corrected chi connectivity index (χ0v) is 12.5. The molecule has 0 aliphatic carbocycles. The lowest BCUT2D eigenvalue weighted by Gasteiger charge is -2.37. The molecule has 6 heteroatoms. The number of rotatable bonds is 4. The topological polar surface area (TPSA) is 72.9 Å². The molecule has 1 aromatic carbocycles. The molecule has 0 aromatic heterocycles. The minimum absolute atomic E-state index is 0.0609. The molecular weight excluding hydrogens is 282 g/mol. The number of likely N-dealkylation sites (tertiary alicyclic amines) is 1. The van der Waals surface area contributed by atoms with Crippen molar-refractivity contribution in [2.45, 2.75) is 24.9 Å². The summed E-state index contributed by atoms with van der Waals surface area (Å²) >= 11 is 0. The summed E-state index contributed by atoms with van der Waals surface area (Å²) in [7, 11) is 0. The third kappa shape index (κ3) is 2.98. The molecule has 6 nitrogen and oxygen atoms in total. The Morgan fingerprint density at radius 1 is 1.23 bits per heavy atom. The second kappa shape index (κ2) is 6.06. The maximum atomic E-state index is 12.5. The van der Waals surface area contributed by atoms with Crippen molar-refractivity contribution in [3.8, 4) is 0 Å². The van der Waals surface area contributed by atoms with E-state index >= 15 is 0 Å². The second-order valence-corrected chi connectivity index (χ2v) is 6.08. The summed E-state index contributed by atoms with van der Waals surface area (Å²) in [6.45, 7) is 2.69. The first-order valence-electron chi connectivity index (χ1n) is 7.62. The van der Waals surface area contributed by atoms with Crippen molar-refractivity contribution < 1.29 is 14.7 Å². The Morgan fingerprint density at radius 3 is 2.55 bits per heavy atom. The summed E-state index contributed by atoms with van der Waals surface area (Å²) in [4.78, 5) is 27.0. The van der Waals surface area contributed by atoms with Crippen molar-refractivity contribution in [2.75, 3.05) is 26.3 Å². The fourth-order valence-corrected chi connectivity index (χ4v) is 3.31. The van der Waals surface area contributed by atoms with E-state index in [1.807, 2.05) is 18.2 Å². The number of nitrogens with zero attached hydrogens (tertiary/aromatic N) is 2. The maximum Gasteiger partial charge on any atom is 0.323 e. The van der Waals surface area contributed by atoms with Crippen molar-refractivity contribution in [3.63, 3.8) is 0 Å². The van der Waals surface area contributed by atoms with Gasteiger partial charge < -0.3 is 10.0 Å². The van der Waals surface area contributed by atoms with Crippen LogP contribution in [0.15, 0.2) is 30.3 Å². The molecule has 2 heterocycles. The van der Waals surface area contributed by atoms with E-state index in [4.69, 9.17) is 5.11 Å². The fraction of sp³-hybridized carbons (Fsp3) is 0.500. The summed E-state index contributed by atoms with van der Waals surface area (Å²) in [5, 5.41) is 12.1. The smallest absolute Gasteiger partial charge is 0.323 e. The monoisotopic (exact) mass is 303 g/mol. The predicted octanol–water partition coefficient (Wildman–Crippen LogP) is 0.495. The lowest BCUT2D eigenvalue weighted by molar-refractivity contribution is -0.144. The lowest BCUT2D eigenvalue weighted by atomic mass is 9.87. The van der Waals surface area contributed by atoms with Crippen LogP contribution >= 0.6 is 0 Å². The van der Waals surface area contributed by atoms with Gasteiger partial charge in [-0.05, 0) is 18.4 Å². The minimum Gasteiger partial charge on any atom is -0.480 e. The van der Waals surface area contributed by atoms with Gasteiger partial charge in [0.15, 0.2) is 0 Å². The van der Waals surface area contributed by atoms with Gasteiger partial charge in [0.05, 0.1) is 6.67 Å². The minimum atomic E-state index is -0.964. The standard InChI is InChI=1S/C16H21N3O3/c20-14(21)11-19-12-17-16(15(19)22)6-8-18(9-7-16)10-13-4-2-1-3-5-13/h1-5,17H,6-12H2,(H,20,21). The number of piperidine rings is 1. The zero-order chi connectivity index (χ0) is 15.6. The van der Waals surface area contributed by atoms with E-state index in [0.29, 0.717) is 6.67 Å². The molecule has 2 aliphatic rings. The van der Waals surface area contributed by atoms with Crippen LogP contribution in [0.5, 0.6) is 0 Å². The molecule has 22 heavy (non-hydrogen) atoms. The molecule has 0 bridgehead atoms. The Bertz CT molecular complexity index is 553. The third-order valence-corrected chi connectivity index (χ3v) is 4.59. The van der Waals surface area contributed by atoms with Gasteiger partial charge in [-0.1, -0.05) is 30.3 Å². The zero-order valence-electron chi connectivity index (χ0n) is 12.5. The highest BCUT2D eigenvalue weighted by molar-refractivity contribution is 5.90. The quantitative estimate of drug-likeness (QED) is 0.847. The maximum absolute atomic E-state index is 12.5. The van der Waals surface area contributed by atoms with Crippen LogP contribution in [-0.4, -0.2) is 58.6 Å². The van der Waals surface area contributed by atoms with Gasteiger partial charge in [-0.15, -0.1) is 0 Å². The summed E-state index contributed by atoms with van der Waals surface area (Å²) in [6.07, 6.45) is 1.46. The van der Waals surface area contributed by atoms with Gasteiger partial charge in [-0.2, -0.15) is 0 Å². The number of carbonyl (C=O) groups is 2. The Morgan fingerprint density at radius 2 is 1.91 bits per heavy atom. The molecule has 0 unspecified atom stereocenters. The van der Waals surface area contributed by atoms with Crippen LogP contribution in [-0.2, 0) is 16.1 Å². The van der Waals surface area contributed by atoms with Crippen molar-refractivity contribution in [3.05, 3.63) is 35.9 Å². The first-order chi connectivity index (χ1) is 10.6. The van der Waals surface area contributed by atoms with E-state index in [0.717, 1.165) is 32.5 Å². The molecule has 2 N–H and O–H groups in total. The normalized spacial score (nSPS) is 21.5. The highest BCUT2D eigenvalue weighted by atomic mass is 16.4. The van der Waals surface area contributed by atoms with Crippen LogP contribution in [0.3, 0.4) is 0 Å². The van der Waals surface area contributed by atoms with Gasteiger partial charge in [-0.3, -0.25) is 19.8 Å². The molecule has 0 atom stereocenters. The number of carbonyl (C=O) groups excluding carboxylic acids is 1. The van der Waals surface area contributed by atoms with Crippen LogP contribution in [0.25, 0.3) is 0 Å². The number of nitrogens with one attached hydrogen (secondary N) is 1. The van der Waals surface area contributed by atoms with Crippen LogP contribution in [0.1, 0.15) is 18.4 Å². The second-order valence-electron chi connectivity index (χ2n) is 6.08. The molecular formula is C16H21N3O3. The first kappa shape index (κ1) is 15.0. The summed E-state index contributed by atoms with van der Waals surface area (Å²) in [5.74, 6) is -1.03. The van der Waals surface area contributed by atoms with Gasteiger partial charge in [0.2, 0.25) is 5.91 Å². The molecule has 3 rings (SSSR count). The van der Waals surface area contributed by atoms with Crippen molar-refractivity contribution in [1.82, 2.24) is 15.1 Å². The molecule has 118 valence electrons. The van der Waals surface area contributed by atoms with E-state index in [-0.39, 0.29) is 12.5 Å². The highest BCUT2D eigenvalue weighted by Crippen LogP contribution is 2.29. The average Bonchev–Trinajstić information content (AvgIpc) is 2.80. The predicted molar refractivity (Wildman–Crippen MR) is 81.0 cm³/mol. The number of carboxylic acid groups (broad SMARTS) is 1. The molecule has 2 aliphatic heterocycles. The number of hydrogen-bond acceptors (Lipinski definition) is 4. The average molecular weight is 303 g/mol. The Hall–Kier alpha value is -1.92. The van der Waals surface area contributed by atoms with Gasteiger partial charge in [0.1, 0.15) is 12.1 Å². The summed E-state index contributed by atoms with van der Waals surface area (Å²) in [5.41, 5.74) is 0.722. The molecule has 0 radical (unpaired) electrons. The van der Waals surface area contributed by atoms with Gasteiger partial charge in [0, 0.05) is 19.6 Å². The SMILES string of the molecule is O=C(O)CN1CNC2(CCN(Cc3ccccc3)CC2)C1=O. The first-order valence-corrected chi connectivity index (χ1v) is 7.62. The Balaban J connectivity index is 1.57. The highest BCUT2D eigenvalue weighted by Gasteiger charge is 2.48. The number of aliphatic carboxylic acids is 1. The van der Waals surface area contributed by atoms with E-state index in [1.54, 1.807) is 0 Å². The van der Waals surface area contributed by atoms with Crippen LogP contribution in [0, 0.1) is 0 Å². The van der Waals surface area contributed by atoms with Gasteiger partial charge in [0.25, 0.3) is 0 Å². The van der Waals surface area contributed by atoms with Crippen LogP contribution in [0.4, 0.5) is 0 Å². The third-order valence-electron chi connectivity index (χ3n) is 4.59. The molecule has 2 fully saturated rings. The van der Waals surface area contributed by atoms with E-state index in [2.05, 4.69) is 22.3 Å². The largest absolute Gasteiger partial charge is 0.480 e. The summed E-state index contributed by atoms with van der Waals surface area (Å²) < 4.78 is 0. The molecule has 1 aromatic rings. The fourth-order valence-electron chi connectivity index (χ4n) is 3.31. The number of carboxylic acids is 1. The van der Waals surface area contributed by atoms with Crippen LogP contribution < -0.4 is 5.32 Å². The van der Waals surface area contributed by atoms with Crippen LogP contribution in [0.2, 0.25) is 0 Å². The molecule has 2 saturated heterocycles. The molecule has 1 spiro atoms.